The number of nitrogen functional groups attached to an aromatic ring is 1. The number of nitrogens with zero attached hydrogens (tertiary/aromatic N) is 1. The van der Waals surface area contributed by atoms with Gasteiger partial charge >= 0.3 is 5.97 Å². The van der Waals surface area contributed by atoms with Gasteiger partial charge in [0, 0.05) is 5.69 Å². The second-order valence-electron chi connectivity index (χ2n) is 3.84. The summed E-state index contributed by atoms with van der Waals surface area (Å²) in [5.41, 5.74) is 8.16. The van der Waals surface area contributed by atoms with E-state index in [1.54, 1.807) is 30.5 Å². The third-order valence-electron chi connectivity index (χ3n) is 2.70. The van der Waals surface area contributed by atoms with Gasteiger partial charge < -0.3 is 10.8 Å². The van der Waals surface area contributed by atoms with Crippen LogP contribution in [0.5, 0.6) is 0 Å². The lowest BCUT2D eigenvalue weighted by atomic mass is 9.97. The van der Waals surface area contributed by atoms with Crippen LogP contribution in [-0.2, 0) is 0 Å². The van der Waals surface area contributed by atoms with Crippen LogP contribution in [0.3, 0.4) is 0 Å². The third kappa shape index (κ3) is 1.94. The van der Waals surface area contributed by atoms with Gasteiger partial charge in [-0.2, -0.15) is 5.26 Å². The fraction of sp³-hybridized carbons (Fsp3) is 0.0769. The number of rotatable bonds is 2. The Hall–Kier alpha value is -2.32. The summed E-state index contributed by atoms with van der Waals surface area (Å²) in [6.45, 7) is 1.76. The maximum atomic E-state index is 11.3. The highest BCUT2D eigenvalue weighted by atomic mass is 32.1. The molecule has 0 radical (unpaired) electrons. The molecule has 0 spiro atoms. The van der Waals surface area contributed by atoms with Crippen molar-refractivity contribution in [3.05, 3.63) is 39.6 Å². The fourth-order valence-corrected chi connectivity index (χ4v) is 2.43. The minimum Gasteiger partial charge on any atom is -0.478 e. The first-order chi connectivity index (χ1) is 8.54. The van der Waals surface area contributed by atoms with Crippen LogP contribution in [0.2, 0.25) is 0 Å². The van der Waals surface area contributed by atoms with Crippen molar-refractivity contribution in [2.45, 2.75) is 6.92 Å². The summed E-state index contributed by atoms with van der Waals surface area (Å²) in [5.74, 6) is -1.06. The minimum atomic E-state index is -1.06. The molecule has 1 heterocycles. The van der Waals surface area contributed by atoms with Crippen LogP contribution in [0.1, 0.15) is 20.8 Å². The Morgan fingerprint density at radius 3 is 2.78 bits per heavy atom. The zero-order chi connectivity index (χ0) is 13.3. The maximum absolute atomic E-state index is 11.3. The Kier molecular flexibility index (Phi) is 3.04. The number of carboxylic acids is 1. The second kappa shape index (κ2) is 4.51. The molecule has 2 aromatic rings. The number of carboxylic acid groups (broad SMARTS) is 1. The van der Waals surface area contributed by atoms with Crippen molar-refractivity contribution in [3.63, 3.8) is 0 Å². The first-order valence-electron chi connectivity index (χ1n) is 5.16. The zero-order valence-corrected chi connectivity index (χ0v) is 10.4. The van der Waals surface area contributed by atoms with Gasteiger partial charge in [0.15, 0.2) is 0 Å². The van der Waals surface area contributed by atoms with E-state index in [9.17, 15) is 9.90 Å². The summed E-state index contributed by atoms with van der Waals surface area (Å²) in [7, 11) is 0. The van der Waals surface area contributed by atoms with Gasteiger partial charge in [-0.05, 0) is 35.1 Å². The van der Waals surface area contributed by atoms with Crippen LogP contribution in [0.25, 0.3) is 11.1 Å². The van der Waals surface area contributed by atoms with E-state index in [-0.39, 0.29) is 11.3 Å². The molecule has 2 rings (SSSR count). The highest BCUT2D eigenvalue weighted by molar-refractivity contribution is 7.10. The summed E-state index contributed by atoms with van der Waals surface area (Å²) >= 11 is 1.28. The molecule has 90 valence electrons. The van der Waals surface area contributed by atoms with Gasteiger partial charge in [0.05, 0.1) is 5.56 Å². The van der Waals surface area contributed by atoms with Gasteiger partial charge in [0.25, 0.3) is 0 Å². The van der Waals surface area contributed by atoms with Crippen molar-refractivity contribution < 1.29 is 9.90 Å². The number of hydrogen-bond donors (Lipinski definition) is 2. The molecule has 0 fully saturated rings. The van der Waals surface area contributed by atoms with Gasteiger partial charge in [-0.25, -0.2) is 4.79 Å². The van der Waals surface area contributed by atoms with Crippen LogP contribution >= 0.6 is 11.3 Å². The summed E-state index contributed by atoms with van der Waals surface area (Å²) in [6, 6.07) is 7.20. The summed E-state index contributed by atoms with van der Waals surface area (Å²) < 4.78 is 0. The lowest BCUT2D eigenvalue weighted by Crippen LogP contribution is -2.06. The molecule has 0 saturated carbocycles. The molecule has 5 heteroatoms. The van der Waals surface area contributed by atoms with Crippen molar-refractivity contribution in [1.82, 2.24) is 0 Å². The fourth-order valence-electron chi connectivity index (χ4n) is 1.73. The van der Waals surface area contributed by atoms with E-state index in [1.165, 1.54) is 11.3 Å². The Morgan fingerprint density at radius 1 is 1.50 bits per heavy atom. The van der Waals surface area contributed by atoms with Crippen LogP contribution in [0.15, 0.2) is 23.6 Å². The van der Waals surface area contributed by atoms with Crippen molar-refractivity contribution in [1.29, 1.82) is 5.26 Å². The number of anilines is 1. The molecule has 0 amide bonds. The highest BCUT2D eigenvalue weighted by Gasteiger charge is 2.17. The van der Waals surface area contributed by atoms with Crippen LogP contribution in [0, 0.1) is 18.3 Å². The lowest BCUT2D eigenvalue weighted by molar-refractivity contribution is 0.0699. The average molecular weight is 258 g/mol. The van der Waals surface area contributed by atoms with E-state index in [0.717, 1.165) is 5.56 Å². The van der Waals surface area contributed by atoms with E-state index < -0.39 is 5.97 Å². The SMILES string of the molecule is Cc1ccc(-c2csc(C#N)c2)c(C(=O)O)c1N. The summed E-state index contributed by atoms with van der Waals surface area (Å²) in [6.07, 6.45) is 0. The monoisotopic (exact) mass is 258 g/mol. The number of nitriles is 1. The molecule has 4 nitrogen and oxygen atoms in total. The Labute approximate surface area is 108 Å². The predicted octanol–water partition coefficient (Wildman–Crippen LogP) is 2.88. The second-order valence-corrected chi connectivity index (χ2v) is 4.75. The molecule has 1 aromatic carbocycles. The first-order valence-corrected chi connectivity index (χ1v) is 6.04. The van der Waals surface area contributed by atoms with Crippen LogP contribution in [-0.4, -0.2) is 11.1 Å². The summed E-state index contributed by atoms with van der Waals surface area (Å²) in [4.78, 5) is 11.8. The number of aryl methyl sites for hydroxylation is 1. The molecule has 3 N–H and O–H groups in total. The molecule has 0 aliphatic heterocycles. The Bertz CT molecular complexity index is 668. The number of benzene rings is 1. The molecule has 0 unspecified atom stereocenters. The normalized spacial score (nSPS) is 10.0. The van der Waals surface area contributed by atoms with Crippen molar-refractivity contribution >= 4 is 23.0 Å². The standard InChI is InChI=1S/C13H10N2O2S/c1-7-2-3-10(11(12(7)15)13(16)17)8-4-9(5-14)18-6-8/h2-4,6H,15H2,1H3,(H,16,17). The van der Waals surface area contributed by atoms with Gasteiger partial charge in [-0.3, -0.25) is 0 Å². The predicted molar refractivity (Wildman–Crippen MR) is 70.6 cm³/mol. The zero-order valence-electron chi connectivity index (χ0n) is 9.60. The molecule has 0 bridgehead atoms. The van der Waals surface area contributed by atoms with E-state index in [1.807, 2.05) is 6.07 Å². The molecular formula is C13H10N2O2S. The van der Waals surface area contributed by atoms with Gasteiger partial charge in [-0.15, -0.1) is 11.3 Å². The van der Waals surface area contributed by atoms with Crippen molar-refractivity contribution in [2.75, 3.05) is 5.73 Å². The third-order valence-corrected chi connectivity index (χ3v) is 3.53. The molecule has 0 aliphatic carbocycles. The number of nitrogens with two attached hydrogens (primary N) is 1. The lowest BCUT2D eigenvalue weighted by Gasteiger charge is -2.09. The number of thiophene rings is 1. The number of carbonyl (C=O) groups is 1. The van der Waals surface area contributed by atoms with Gasteiger partial charge in [0.1, 0.15) is 10.9 Å². The molecule has 0 aliphatic rings. The number of aromatic carboxylic acids is 1. The quantitative estimate of drug-likeness (QED) is 0.811. The largest absolute Gasteiger partial charge is 0.478 e. The minimum absolute atomic E-state index is 0.0947. The average Bonchev–Trinajstić information content (AvgIpc) is 2.80. The molecular weight excluding hydrogens is 248 g/mol. The maximum Gasteiger partial charge on any atom is 0.338 e. The Morgan fingerprint density at radius 2 is 2.22 bits per heavy atom. The van der Waals surface area contributed by atoms with Crippen molar-refractivity contribution in [3.8, 4) is 17.2 Å². The van der Waals surface area contributed by atoms with Crippen LogP contribution in [0.4, 0.5) is 5.69 Å². The van der Waals surface area contributed by atoms with E-state index >= 15 is 0 Å². The molecule has 18 heavy (non-hydrogen) atoms. The Balaban J connectivity index is 2.68. The molecule has 0 atom stereocenters. The number of hydrogen-bond acceptors (Lipinski definition) is 4. The van der Waals surface area contributed by atoms with E-state index in [0.29, 0.717) is 16.0 Å². The highest BCUT2D eigenvalue weighted by Crippen LogP contribution is 2.32. The smallest absolute Gasteiger partial charge is 0.338 e. The molecule has 1 aromatic heterocycles. The summed E-state index contributed by atoms with van der Waals surface area (Å²) in [5, 5.41) is 19.8. The van der Waals surface area contributed by atoms with E-state index in [4.69, 9.17) is 11.0 Å². The van der Waals surface area contributed by atoms with Crippen molar-refractivity contribution in [2.24, 2.45) is 0 Å². The van der Waals surface area contributed by atoms with E-state index in [2.05, 4.69) is 0 Å². The topological polar surface area (TPSA) is 87.1 Å². The molecule has 0 saturated heterocycles. The van der Waals surface area contributed by atoms with Gasteiger partial charge in [-0.1, -0.05) is 12.1 Å². The first kappa shape index (κ1) is 12.1. The van der Waals surface area contributed by atoms with Gasteiger partial charge in [0.2, 0.25) is 0 Å². The van der Waals surface area contributed by atoms with Crippen LogP contribution < -0.4 is 5.73 Å².